The predicted molar refractivity (Wildman–Crippen MR) is 132 cm³/mol. The number of nitrogens with two attached hydrogens (primary N) is 1. The average molecular weight is 485 g/mol. The van der Waals surface area contributed by atoms with Gasteiger partial charge >= 0.3 is 0 Å². The van der Waals surface area contributed by atoms with Crippen molar-refractivity contribution < 1.29 is 14.4 Å². The molecule has 3 rings (SSSR count). The van der Waals surface area contributed by atoms with Crippen LogP contribution in [0.15, 0.2) is 35.7 Å². The van der Waals surface area contributed by atoms with Crippen LogP contribution in [-0.2, 0) is 16.1 Å². The molecule has 1 saturated carbocycles. The lowest BCUT2D eigenvalue weighted by molar-refractivity contribution is -0.137. The van der Waals surface area contributed by atoms with E-state index in [1.54, 1.807) is 10.3 Å². The highest BCUT2D eigenvalue weighted by Gasteiger charge is 2.30. The molecule has 4 N–H and O–H groups in total. The van der Waals surface area contributed by atoms with Crippen LogP contribution in [-0.4, -0.2) is 59.2 Å². The van der Waals surface area contributed by atoms with E-state index in [2.05, 4.69) is 21.1 Å². The van der Waals surface area contributed by atoms with Gasteiger partial charge in [-0.1, -0.05) is 43.2 Å². The summed E-state index contributed by atoms with van der Waals surface area (Å²) in [5.41, 5.74) is 9.67. The lowest BCUT2D eigenvalue weighted by Crippen LogP contribution is -2.51. The number of amides is 2. The van der Waals surface area contributed by atoms with Gasteiger partial charge in [-0.3, -0.25) is 14.4 Å². The molecule has 1 aliphatic rings. The normalized spacial score (nSPS) is 14.6. The molecule has 1 fully saturated rings. The quantitative estimate of drug-likeness (QED) is 0.280. The van der Waals surface area contributed by atoms with Gasteiger partial charge in [-0.25, -0.2) is 4.98 Å². The maximum atomic E-state index is 13.1. The third-order valence-corrected chi connectivity index (χ3v) is 6.63. The highest BCUT2D eigenvalue weighted by Crippen LogP contribution is 2.23. The molecule has 0 saturated heterocycles. The number of Topliss-reactive ketones (excluding diaryl/α,β-unsaturated/α-hetero) is 1. The summed E-state index contributed by atoms with van der Waals surface area (Å²) in [6, 6.07) is 9.24. The summed E-state index contributed by atoms with van der Waals surface area (Å²) in [6.07, 6.45) is 5.85. The molecular weight excluding hydrogens is 450 g/mol. The van der Waals surface area contributed by atoms with Crippen molar-refractivity contribution in [2.45, 2.75) is 63.6 Å². The molecular formula is C25H34N5O3S. The highest BCUT2D eigenvalue weighted by molar-refractivity contribution is 7.07. The van der Waals surface area contributed by atoms with Gasteiger partial charge in [-0.05, 0) is 44.2 Å². The molecule has 0 aliphatic heterocycles. The second-order valence-corrected chi connectivity index (χ2v) is 9.30. The third kappa shape index (κ3) is 8.00. The summed E-state index contributed by atoms with van der Waals surface area (Å²) in [5, 5.41) is 7.69. The van der Waals surface area contributed by atoms with E-state index in [0.29, 0.717) is 25.2 Å². The first-order valence-corrected chi connectivity index (χ1v) is 12.9. The van der Waals surface area contributed by atoms with Crippen LogP contribution in [0.2, 0.25) is 0 Å². The summed E-state index contributed by atoms with van der Waals surface area (Å²) in [7, 11) is 0. The number of rotatable bonds is 14. The van der Waals surface area contributed by atoms with Crippen LogP contribution in [0, 0.1) is 5.51 Å². The van der Waals surface area contributed by atoms with Gasteiger partial charge in [0.15, 0.2) is 5.51 Å². The fourth-order valence-electron chi connectivity index (χ4n) is 4.28. The van der Waals surface area contributed by atoms with E-state index in [9.17, 15) is 14.4 Å². The van der Waals surface area contributed by atoms with Crippen molar-refractivity contribution in [1.29, 1.82) is 0 Å². The Bertz CT molecular complexity index is 901. The van der Waals surface area contributed by atoms with Gasteiger partial charge in [0.1, 0.15) is 5.69 Å². The SMILES string of the molecule is NCCCC[C@H](NC(=O)CN(C(=O)CNCc1ccccc1)C1CCCC1)C(=O)c1cs[c]n1. The number of hydrogen-bond acceptors (Lipinski definition) is 7. The molecule has 8 nitrogen and oxygen atoms in total. The van der Waals surface area contributed by atoms with Crippen LogP contribution < -0.4 is 16.4 Å². The first kappa shape index (κ1) is 26.0. The van der Waals surface area contributed by atoms with Crippen LogP contribution >= 0.6 is 11.3 Å². The number of hydrogen-bond donors (Lipinski definition) is 3. The van der Waals surface area contributed by atoms with Crippen molar-refractivity contribution in [3.63, 3.8) is 0 Å². The molecule has 1 heterocycles. The minimum absolute atomic E-state index is 0.0521. The molecule has 9 heteroatoms. The van der Waals surface area contributed by atoms with Gasteiger partial charge in [-0.15, -0.1) is 11.3 Å². The molecule has 1 aliphatic carbocycles. The van der Waals surface area contributed by atoms with Crippen molar-refractivity contribution >= 4 is 28.9 Å². The van der Waals surface area contributed by atoms with Crippen LogP contribution in [0.5, 0.6) is 0 Å². The Hall–Kier alpha value is -2.62. The standard InChI is InChI=1S/C25H34N5O3S/c26-13-7-6-12-21(25(33)22-17-34-18-28-22)29-23(31)16-30(20-10-4-5-11-20)24(32)15-27-14-19-8-2-1-3-9-19/h1-3,8-9,17,20-21,27H,4-7,10-16,26H2,(H,29,31)/t21-/m0/s1. The Balaban J connectivity index is 1.59. The molecule has 0 bridgehead atoms. The maximum absolute atomic E-state index is 13.1. The number of unbranched alkanes of at least 4 members (excludes halogenated alkanes) is 1. The minimum atomic E-state index is -0.689. The van der Waals surface area contributed by atoms with Gasteiger partial charge in [0.05, 0.1) is 19.1 Å². The predicted octanol–water partition coefficient (Wildman–Crippen LogP) is 2.30. The zero-order valence-corrected chi connectivity index (χ0v) is 20.3. The average Bonchev–Trinajstić information content (AvgIpc) is 3.57. The zero-order valence-electron chi connectivity index (χ0n) is 19.5. The van der Waals surface area contributed by atoms with Crippen LogP contribution in [0.1, 0.15) is 61.0 Å². The highest BCUT2D eigenvalue weighted by atomic mass is 32.1. The second kappa shape index (κ2) is 13.9. The van der Waals surface area contributed by atoms with Crippen LogP contribution in [0.3, 0.4) is 0 Å². The monoisotopic (exact) mass is 484 g/mol. The lowest BCUT2D eigenvalue weighted by Gasteiger charge is -2.29. The molecule has 2 amide bonds. The number of ketones is 1. The van der Waals surface area contributed by atoms with Gasteiger partial charge < -0.3 is 21.3 Å². The van der Waals surface area contributed by atoms with Crippen LogP contribution in [0.4, 0.5) is 0 Å². The van der Waals surface area contributed by atoms with E-state index in [1.165, 1.54) is 11.3 Å². The first-order valence-electron chi connectivity index (χ1n) is 12.0. The number of nitrogens with one attached hydrogen (secondary N) is 2. The molecule has 1 radical (unpaired) electrons. The van der Waals surface area contributed by atoms with E-state index in [4.69, 9.17) is 5.73 Å². The number of carbonyl (C=O) groups is 3. The summed E-state index contributed by atoms with van der Waals surface area (Å²) >= 11 is 1.22. The molecule has 1 atom stereocenters. The molecule has 0 unspecified atom stereocenters. The lowest BCUT2D eigenvalue weighted by atomic mass is 10.0. The number of thiazole rings is 1. The zero-order chi connectivity index (χ0) is 24.2. The summed E-state index contributed by atoms with van der Waals surface area (Å²) < 4.78 is 0. The molecule has 1 aromatic carbocycles. The summed E-state index contributed by atoms with van der Waals surface area (Å²) in [5.74, 6) is -0.655. The fourth-order valence-corrected chi connectivity index (χ4v) is 4.76. The number of benzene rings is 1. The molecule has 34 heavy (non-hydrogen) atoms. The molecule has 1 aromatic heterocycles. The minimum Gasteiger partial charge on any atom is -0.344 e. The van der Waals surface area contributed by atoms with E-state index < -0.39 is 6.04 Å². The molecule has 0 spiro atoms. The van der Waals surface area contributed by atoms with E-state index >= 15 is 0 Å². The summed E-state index contributed by atoms with van der Waals surface area (Å²) in [4.78, 5) is 44.6. The van der Waals surface area contributed by atoms with Gasteiger partial charge in [0.2, 0.25) is 17.6 Å². The Kier molecular flexibility index (Phi) is 10.7. The van der Waals surface area contributed by atoms with Crippen molar-refractivity contribution in [3.8, 4) is 0 Å². The maximum Gasteiger partial charge on any atom is 0.240 e. The van der Waals surface area contributed by atoms with Crippen LogP contribution in [0.25, 0.3) is 0 Å². The Morgan fingerprint density at radius 1 is 1.18 bits per heavy atom. The second-order valence-electron chi connectivity index (χ2n) is 8.64. The largest absolute Gasteiger partial charge is 0.344 e. The fraction of sp³-hybridized carbons (Fsp3) is 0.520. The smallest absolute Gasteiger partial charge is 0.240 e. The Labute approximate surface area is 205 Å². The van der Waals surface area contributed by atoms with Gasteiger partial charge in [0, 0.05) is 18.0 Å². The third-order valence-electron chi connectivity index (χ3n) is 6.09. The number of carbonyl (C=O) groups excluding carboxylic acids is 3. The van der Waals surface area contributed by atoms with E-state index in [-0.39, 0.29) is 36.7 Å². The van der Waals surface area contributed by atoms with Crippen molar-refractivity contribution in [2.24, 2.45) is 5.73 Å². The summed E-state index contributed by atoms with van der Waals surface area (Å²) in [6.45, 7) is 1.21. The molecule has 2 aromatic rings. The first-order chi connectivity index (χ1) is 16.6. The van der Waals surface area contributed by atoms with E-state index in [0.717, 1.165) is 44.1 Å². The molecule has 183 valence electrons. The van der Waals surface area contributed by atoms with Crippen molar-refractivity contribution in [2.75, 3.05) is 19.6 Å². The van der Waals surface area contributed by atoms with E-state index in [1.807, 2.05) is 30.3 Å². The topological polar surface area (TPSA) is 117 Å². The number of nitrogens with zero attached hydrogens (tertiary/aromatic N) is 2. The van der Waals surface area contributed by atoms with Crippen molar-refractivity contribution in [1.82, 2.24) is 20.5 Å². The van der Waals surface area contributed by atoms with Gasteiger partial charge in [-0.2, -0.15) is 0 Å². The van der Waals surface area contributed by atoms with Gasteiger partial charge in [0.25, 0.3) is 0 Å². The van der Waals surface area contributed by atoms with Crippen molar-refractivity contribution in [3.05, 3.63) is 52.5 Å². The Morgan fingerprint density at radius 3 is 2.62 bits per heavy atom. The number of aromatic nitrogens is 1. The Morgan fingerprint density at radius 2 is 1.94 bits per heavy atom.